The Kier molecular flexibility index (Phi) is 2.94. The highest BCUT2D eigenvalue weighted by Gasteiger charge is 2.19. The van der Waals surface area contributed by atoms with Gasteiger partial charge in [-0.15, -0.1) is 0 Å². The highest BCUT2D eigenvalue weighted by atomic mass is 15.1. The Morgan fingerprint density at radius 3 is 2.89 bits per heavy atom. The van der Waals surface area contributed by atoms with Crippen LogP contribution >= 0.6 is 0 Å². The standard InChI is InChI=1S/C16H20N2/c1-11-10-17-16(18-11)9-14-8-7-13-5-3-4-6-15(13)12(14)2/h3-6,11H,7-10H2,1-2H3,(H,17,18). The van der Waals surface area contributed by atoms with Crippen LogP contribution in [0.15, 0.2) is 34.8 Å². The summed E-state index contributed by atoms with van der Waals surface area (Å²) in [5.74, 6) is 1.18. The number of nitrogens with one attached hydrogen (secondary N) is 1. The summed E-state index contributed by atoms with van der Waals surface area (Å²) in [5.41, 5.74) is 5.94. The van der Waals surface area contributed by atoms with Gasteiger partial charge in [0.1, 0.15) is 5.84 Å². The summed E-state index contributed by atoms with van der Waals surface area (Å²) in [5, 5.41) is 3.46. The molecule has 0 fully saturated rings. The van der Waals surface area contributed by atoms with Crippen molar-refractivity contribution >= 4 is 11.4 Å². The van der Waals surface area contributed by atoms with Crippen molar-refractivity contribution in [2.24, 2.45) is 4.99 Å². The molecule has 0 saturated carbocycles. The van der Waals surface area contributed by atoms with Gasteiger partial charge in [-0.2, -0.15) is 0 Å². The topological polar surface area (TPSA) is 24.4 Å². The average Bonchev–Trinajstić information content (AvgIpc) is 2.79. The molecular weight excluding hydrogens is 220 g/mol. The summed E-state index contributed by atoms with van der Waals surface area (Å²) in [6.07, 6.45) is 3.36. The number of allylic oxidation sites excluding steroid dienone is 1. The van der Waals surface area contributed by atoms with Crippen molar-refractivity contribution in [2.45, 2.75) is 39.2 Å². The SMILES string of the molecule is CC1=C(CC2=NCC(C)N2)CCc2ccccc21. The van der Waals surface area contributed by atoms with E-state index < -0.39 is 0 Å². The molecule has 0 spiro atoms. The number of aryl methyl sites for hydroxylation is 1. The van der Waals surface area contributed by atoms with Gasteiger partial charge in [-0.05, 0) is 43.4 Å². The maximum atomic E-state index is 4.57. The fourth-order valence-corrected chi connectivity index (χ4v) is 2.92. The molecule has 0 radical (unpaired) electrons. The number of benzene rings is 1. The maximum absolute atomic E-state index is 4.57. The fourth-order valence-electron chi connectivity index (χ4n) is 2.92. The number of nitrogens with zero attached hydrogens (tertiary/aromatic N) is 1. The van der Waals surface area contributed by atoms with Gasteiger partial charge in [0.25, 0.3) is 0 Å². The molecule has 1 aliphatic carbocycles. The summed E-state index contributed by atoms with van der Waals surface area (Å²) in [4.78, 5) is 4.57. The second kappa shape index (κ2) is 4.60. The summed E-state index contributed by atoms with van der Waals surface area (Å²) in [6, 6.07) is 9.29. The van der Waals surface area contributed by atoms with E-state index in [2.05, 4.69) is 48.4 Å². The number of fused-ring (bicyclic) bond motifs is 1. The first-order valence-electron chi connectivity index (χ1n) is 6.81. The minimum absolute atomic E-state index is 0.511. The minimum atomic E-state index is 0.511. The molecule has 18 heavy (non-hydrogen) atoms. The van der Waals surface area contributed by atoms with E-state index in [0.717, 1.165) is 13.0 Å². The van der Waals surface area contributed by atoms with Gasteiger partial charge in [0, 0.05) is 12.5 Å². The Morgan fingerprint density at radius 2 is 2.11 bits per heavy atom. The predicted molar refractivity (Wildman–Crippen MR) is 76.9 cm³/mol. The van der Waals surface area contributed by atoms with E-state index in [0.29, 0.717) is 6.04 Å². The summed E-state index contributed by atoms with van der Waals surface area (Å²) >= 11 is 0. The van der Waals surface area contributed by atoms with Gasteiger partial charge < -0.3 is 5.32 Å². The highest BCUT2D eigenvalue weighted by molar-refractivity contribution is 5.88. The predicted octanol–water partition coefficient (Wildman–Crippen LogP) is 3.19. The van der Waals surface area contributed by atoms with Gasteiger partial charge in [-0.3, -0.25) is 4.99 Å². The molecular formula is C16H20N2. The zero-order chi connectivity index (χ0) is 12.5. The zero-order valence-corrected chi connectivity index (χ0v) is 11.2. The molecule has 0 bridgehead atoms. The van der Waals surface area contributed by atoms with Gasteiger partial charge in [-0.1, -0.05) is 29.8 Å². The van der Waals surface area contributed by atoms with E-state index in [-0.39, 0.29) is 0 Å². The van der Waals surface area contributed by atoms with Crippen LogP contribution in [0, 0.1) is 0 Å². The Hall–Kier alpha value is -1.57. The summed E-state index contributed by atoms with van der Waals surface area (Å²) in [6.45, 7) is 5.37. The Labute approximate surface area is 109 Å². The lowest BCUT2D eigenvalue weighted by atomic mass is 9.85. The largest absolute Gasteiger partial charge is 0.369 e. The van der Waals surface area contributed by atoms with Crippen molar-refractivity contribution in [1.29, 1.82) is 0 Å². The molecule has 1 aliphatic heterocycles. The quantitative estimate of drug-likeness (QED) is 0.843. The van der Waals surface area contributed by atoms with Crippen LogP contribution in [-0.2, 0) is 6.42 Å². The van der Waals surface area contributed by atoms with Crippen LogP contribution < -0.4 is 5.32 Å². The second-order valence-electron chi connectivity index (χ2n) is 5.40. The molecule has 2 aliphatic rings. The minimum Gasteiger partial charge on any atom is -0.369 e. The van der Waals surface area contributed by atoms with E-state index in [9.17, 15) is 0 Å². The molecule has 3 rings (SSSR count). The number of aliphatic imine (C=N–C) groups is 1. The first kappa shape index (κ1) is 11.5. The van der Waals surface area contributed by atoms with Gasteiger partial charge in [-0.25, -0.2) is 0 Å². The molecule has 94 valence electrons. The van der Waals surface area contributed by atoms with E-state index in [1.165, 1.54) is 35.4 Å². The second-order valence-corrected chi connectivity index (χ2v) is 5.40. The number of hydrogen-bond donors (Lipinski definition) is 1. The number of hydrogen-bond acceptors (Lipinski definition) is 2. The molecule has 2 heteroatoms. The van der Waals surface area contributed by atoms with E-state index >= 15 is 0 Å². The van der Waals surface area contributed by atoms with Crippen LogP contribution in [-0.4, -0.2) is 18.4 Å². The highest BCUT2D eigenvalue weighted by Crippen LogP contribution is 2.32. The summed E-state index contributed by atoms with van der Waals surface area (Å²) in [7, 11) is 0. The Morgan fingerprint density at radius 1 is 1.28 bits per heavy atom. The molecule has 1 aromatic rings. The first-order valence-corrected chi connectivity index (χ1v) is 6.81. The first-order chi connectivity index (χ1) is 8.74. The lowest BCUT2D eigenvalue weighted by Gasteiger charge is -2.21. The van der Waals surface area contributed by atoms with Crippen molar-refractivity contribution in [3.63, 3.8) is 0 Å². The van der Waals surface area contributed by atoms with Crippen LogP contribution in [0.5, 0.6) is 0 Å². The lowest BCUT2D eigenvalue weighted by Crippen LogP contribution is -2.27. The molecule has 1 N–H and O–H groups in total. The van der Waals surface area contributed by atoms with Crippen LogP contribution in [0.2, 0.25) is 0 Å². The molecule has 1 heterocycles. The third-order valence-corrected chi connectivity index (χ3v) is 4.00. The van der Waals surface area contributed by atoms with Crippen LogP contribution in [0.4, 0.5) is 0 Å². The van der Waals surface area contributed by atoms with Crippen molar-refractivity contribution in [3.05, 3.63) is 41.0 Å². The average molecular weight is 240 g/mol. The van der Waals surface area contributed by atoms with Gasteiger partial charge in [0.05, 0.1) is 6.54 Å². The van der Waals surface area contributed by atoms with E-state index in [1.807, 2.05) is 0 Å². The van der Waals surface area contributed by atoms with Crippen molar-refractivity contribution in [1.82, 2.24) is 5.32 Å². The van der Waals surface area contributed by atoms with E-state index in [4.69, 9.17) is 0 Å². The van der Waals surface area contributed by atoms with Crippen LogP contribution in [0.1, 0.15) is 37.8 Å². The molecule has 1 atom stereocenters. The van der Waals surface area contributed by atoms with Crippen LogP contribution in [0.25, 0.3) is 5.57 Å². The van der Waals surface area contributed by atoms with Gasteiger partial charge in [0.15, 0.2) is 0 Å². The normalized spacial score (nSPS) is 22.6. The van der Waals surface area contributed by atoms with Crippen molar-refractivity contribution < 1.29 is 0 Å². The molecule has 1 aromatic carbocycles. The number of amidine groups is 1. The number of rotatable bonds is 2. The zero-order valence-electron chi connectivity index (χ0n) is 11.2. The summed E-state index contributed by atoms with van der Waals surface area (Å²) < 4.78 is 0. The van der Waals surface area contributed by atoms with Crippen molar-refractivity contribution in [2.75, 3.05) is 6.54 Å². The third-order valence-electron chi connectivity index (χ3n) is 4.00. The van der Waals surface area contributed by atoms with Crippen molar-refractivity contribution in [3.8, 4) is 0 Å². The smallest absolute Gasteiger partial charge is 0.101 e. The van der Waals surface area contributed by atoms with E-state index in [1.54, 1.807) is 5.57 Å². The van der Waals surface area contributed by atoms with Gasteiger partial charge >= 0.3 is 0 Å². The van der Waals surface area contributed by atoms with Crippen LogP contribution in [0.3, 0.4) is 0 Å². The lowest BCUT2D eigenvalue weighted by molar-refractivity contribution is 0.721. The van der Waals surface area contributed by atoms with Gasteiger partial charge in [0.2, 0.25) is 0 Å². The molecule has 1 unspecified atom stereocenters. The monoisotopic (exact) mass is 240 g/mol. The molecule has 0 aromatic heterocycles. The third kappa shape index (κ3) is 2.07. The molecule has 0 amide bonds. The molecule has 0 saturated heterocycles. The molecule has 2 nitrogen and oxygen atoms in total. The maximum Gasteiger partial charge on any atom is 0.101 e. The fraction of sp³-hybridized carbons (Fsp3) is 0.438. The Bertz CT molecular complexity index is 526. The Balaban J connectivity index is 1.85.